The molecular weight excluding hydrogens is 336 g/mol. The van der Waals surface area contributed by atoms with Gasteiger partial charge in [-0.05, 0) is 12.1 Å². The van der Waals surface area contributed by atoms with E-state index in [4.69, 9.17) is 19.0 Å². The molecule has 1 saturated heterocycles. The molecule has 9 heteroatoms. The summed E-state index contributed by atoms with van der Waals surface area (Å²) in [6.45, 7) is -0.670. The van der Waals surface area contributed by atoms with E-state index in [0.29, 0.717) is 5.39 Å². The van der Waals surface area contributed by atoms with Crippen LogP contribution in [-0.4, -0.2) is 63.7 Å². The zero-order valence-corrected chi connectivity index (χ0v) is 12.8. The molecule has 9 nitrogen and oxygen atoms in total. The Morgan fingerprint density at radius 1 is 1.16 bits per heavy atom. The minimum absolute atomic E-state index is 0.283. The number of hydrogen-bond donors (Lipinski definition) is 4. The summed E-state index contributed by atoms with van der Waals surface area (Å²) < 4.78 is 14.8. The summed E-state index contributed by atoms with van der Waals surface area (Å²) in [4.78, 5) is 24.2. The van der Waals surface area contributed by atoms with Gasteiger partial charge in [-0.3, -0.25) is 0 Å². The van der Waals surface area contributed by atoms with E-state index in [1.165, 1.54) is 6.07 Å². The maximum absolute atomic E-state index is 12.3. The number of fused-ring (bicyclic) bond motifs is 1. The van der Waals surface area contributed by atoms with Crippen LogP contribution in [0.5, 0.6) is 0 Å². The number of carbonyl (C=O) groups excluding carboxylic acids is 1. The third kappa shape index (κ3) is 3.28. The predicted octanol–water partition coefficient (Wildman–Crippen LogP) is -1.25. The van der Waals surface area contributed by atoms with E-state index < -0.39 is 54.5 Å². The van der Waals surface area contributed by atoms with Crippen molar-refractivity contribution in [1.29, 1.82) is 0 Å². The molecule has 1 aromatic heterocycles. The molecule has 3 unspecified atom stereocenters. The fraction of sp³-hybridized carbons (Fsp3) is 0.375. The summed E-state index contributed by atoms with van der Waals surface area (Å²) >= 11 is 0. The van der Waals surface area contributed by atoms with Crippen molar-refractivity contribution >= 4 is 16.9 Å². The zero-order valence-electron chi connectivity index (χ0n) is 12.8. The van der Waals surface area contributed by atoms with Crippen LogP contribution in [0.25, 0.3) is 11.0 Å². The molecule has 0 aliphatic carbocycles. The third-order valence-electron chi connectivity index (χ3n) is 3.94. The first-order valence-corrected chi connectivity index (χ1v) is 7.46. The van der Waals surface area contributed by atoms with Crippen molar-refractivity contribution < 1.29 is 39.1 Å². The Morgan fingerprint density at radius 2 is 1.88 bits per heavy atom. The molecule has 134 valence electrons. The topological polar surface area (TPSA) is 147 Å². The molecule has 0 bridgehead atoms. The summed E-state index contributed by atoms with van der Waals surface area (Å²) in [6.07, 6.45) is -7.98. The van der Waals surface area contributed by atoms with E-state index in [1.807, 2.05) is 0 Å². The summed E-state index contributed by atoms with van der Waals surface area (Å²) in [5.74, 6) is -1.15. The van der Waals surface area contributed by atoms with E-state index >= 15 is 0 Å². The third-order valence-corrected chi connectivity index (χ3v) is 3.94. The zero-order chi connectivity index (χ0) is 18.1. The smallest absolute Gasteiger partial charge is 0.351 e. The van der Waals surface area contributed by atoms with Crippen molar-refractivity contribution in [3.8, 4) is 0 Å². The van der Waals surface area contributed by atoms with Gasteiger partial charge in [0.1, 0.15) is 29.5 Å². The largest absolute Gasteiger partial charge is 0.453 e. The van der Waals surface area contributed by atoms with Crippen molar-refractivity contribution in [2.75, 3.05) is 6.61 Å². The minimum Gasteiger partial charge on any atom is -0.453 e. The Bertz CT molecular complexity index is 830. The Morgan fingerprint density at radius 3 is 2.60 bits per heavy atom. The van der Waals surface area contributed by atoms with Gasteiger partial charge in [-0.15, -0.1) is 0 Å². The quantitative estimate of drug-likeness (QED) is 0.393. The van der Waals surface area contributed by atoms with E-state index in [2.05, 4.69) is 0 Å². The second kappa shape index (κ2) is 6.90. The van der Waals surface area contributed by atoms with Gasteiger partial charge in [-0.25, -0.2) is 9.59 Å². The van der Waals surface area contributed by atoms with Crippen LogP contribution in [0.4, 0.5) is 0 Å². The lowest BCUT2D eigenvalue weighted by molar-refractivity contribution is -0.285. The van der Waals surface area contributed by atoms with Crippen LogP contribution < -0.4 is 5.63 Å². The Labute approximate surface area is 140 Å². The van der Waals surface area contributed by atoms with Gasteiger partial charge >= 0.3 is 11.6 Å². The van der Waals surface area contributed by atoms with Crippen molar-refractivity contribution in [2.45, 2.75) is 30.7 Å². The van der Waals surface area contributed by atoms with Crippen LogP contribution >= 0.6 is 0 Å². The molecule has 0 radical (unpaired) electrons. The minimum atomic E-state index is -1.77. The second-order valence-electron chi connectivity index (χ2n) is 5.58. The molecule has 25 heavy (non-hydrogen) atoms. The van der Waals surface area contributed by atoms with Gasteiger partial charge in [0.25, 0.3) is 0 Å². The molecule has 1 aromatic carbocycles. The number of benzene rings is 1. The van der Waals surface area contributed by atoms with Gasteiger partial charge in [0, 0.05) is 5.39 Å². The molecule has 1 aliphatic heterocycles. The SMILES string of the molecule is O=C(OC1[C@H](O)C(O)OC(CO)[C@H]1O)c1cc2ccccc2oc1=O. The van der Waals surface area contributed by atoms with Crippen molar-refractivity contribution in [3.63, 3.8) is 0 Å². The number of carbonyl (C=O) groups is 1. The number of ether oxygens (including phenoxy) is 2. The normalized spacial score (nSPS) is 29.5. The highest BCUT2D eigenvalue weighted by atomic mass is 16.7. The number of para-hydroxylation sites is 1. The highest BCUT2D eigenvalue weighted by Crippen LogP contribution is 2.23. The number of hydrogen-bond acceptors (Lipinski definition) is 9. The van der Waals surface area contributed by atoms with Gasteiger partial charge < -0.3 is 34.3 Å². The molecule has 0 spiro atoms. The van der Waals surface area contributed by atoms with Gasteiger partial charge in [-0.1, -0.05) is 18.2 Å². The summed E-state index contributed by atoms with van der Waals surface area (Å²) in [7, 11) is 0. The van der Waals surface area contributed by atoms with E-state index in [0.717, 1.165) is 0 Å². The summed E-state index contributed by atoms with van der Waals surface area (Å²) in [6, 6.07) is 7.79. The number of aliphatic hydroxyl groups excluding tert-OH is 4. The molecule has 5 atom stereocenters. The fourth-order valence-electron chi connectivity index (χ4n) is 2.60. The Kier molecular flexibility index (Phi) is 4.84. The monoisotopic (exact) mass is 352 g/mol. The molecule has 0 amide bonds. The van der Waals surface area contributed by atoms with Crippen LogP contribution in [0.3, 0.4) is 0 Å². The standard InChI is InChI=1S/C16H16O9/c17-6-10-11(18)13(12(19)16(22)24-10)25-15(21)8-5-7-3-1-2-4-9(7)23-14(8)20/h1-5,10-13,16-19,22H,6H2/t10?,11-,12+,13?,16?/m1/s1. The van der Waals surface area contributed by atoms with Crippen molar-refractivity contribution in [1.82, 2.24) is 0 Å². The average Bonchev–Trinajstić information content (AvgIpc) is 2.61. The fourth-order valence-corrected chi connectivity index (χ4v) is 2.60. The molecule has 3 rings (SSSR count). The van der Waals surface area contributed by atoms with Crippen molar-refractivity contribution in [3.05, 3.63) is 46.3 Å². The van der Waals surface area contributed by atoms with Gasteiger partial charge in [0.05, 0.1) is 6.61 Å². The highest BCUT2D eigenvalue weighted by molar-refractivity contribution is 5.92. The first-order chi connectivity index (χ1) is 11.9. The molecular formula is C16H16O9. The van der Waals surface area contributed by atoms with Crippen LogP contribution in [-0.2, 0) is 9.47 Å². The molecule has 0 saturated carbocycles. The lowest BCUT2D eigenvalue weighted by Gasteiger charge is -2.39. The van der Waals surface area contributed by atoms with Crippen LogP contribution in [0.1, 0.15) is 10.4 Å². The van der Waals surface area contributed by atoms with E-state index in [9.17, 15) is 24.9 Å². The number of esters is 1. The summed E-state index contributed by atoms with van der Waals surface area (Å²) in [5.41, 5.74) is -1.09. The maximum Gasteiger partial charge on any atom is 0.351 e. The Balaban J connectivity index is 1.88. The molecule has 4 N–H and O–H groups in total. The van der Waals surface area contributed by atoms with Crippen LogP contribution in [0.2, 0.25) is 0 Å². The molecule has 2 aromatic rings. The number of aliphatic hydroxyl groups is 4. The van der Waals surface area contributed by atoms with Crippen molar-refractivity contribution in [2.24, 2.45) is 0 Å². The van der Waals surface area contributed by atoms with Gasteiger partial charge in [-0.2, -0.15) is 0 Å². The Hall–Kier alpha value is -2.30. The highest BCUT2D eigenvalue weighted by Gasteiger charge is 2.46. The molecule has 1 aliphatic rings. The summed E-state index contributed by atoms with van der Waals surface area (Å²) in [5, 5.41) is 39.1. The lowest BCUT2D eigenvalue weighted by Crippen LogP contribution is -2.59. The van der Waals surface area contributed by atoms with E-state index in [1.54, 1.807) is 24.3 Å². The first-order valence-electron chi connectivity index (χ1n) is 7.46. The molecule has 2 heterocycles. The maximum atomic E-state index is 12.3. The average molecular weight is 352 g/mol. The van der Waals surface area contributed by atoms with Gasteiger partial charge in [0.15, 0.2) is 12.4 Å². The number of rotatable bonds is 3. The second-order valence-corrected chi connectivity index (χ2v) is 5.58. The van der Waals surface area contributed by atoms with Gasteiger partial charge in [0.2, 0.25) is 0 Å². The molecule has 1 fully saturated rings. The lowest BCUT2D eigenvalue weighted by atomic mass is 9.99. The van der Waals surface area contributed by atoms with Crippen LogP contribution in [0.15, 0.2) is 39.5 Å². The predicted molar refractivity (Wildman–Crippen MR) is 81.7 cm³/mol. The van der Waals surface area contributed by atoms with Crippen LogP contribution in [0, 0.1) is 0 Å². The van der Waals surface area contributed by atoms with E-state index in [-0.39, 0.29) is 5.58 Å². The first kappa shape index (κ1) is 17.5.